The minimum Gasteiger partial charge on any atom is -0.497 e. The molecule has 0 bridgehead atoms. The summed E-state index contributed by atoms with van der Waals surface area (Å²) in [6.45, 7) is 0. The van der Waals surface area contributed by atoms with Crippen molar-refractivity contribution in [1.29, 1.82) is 0 Å². The highest BCUT2D eigenvalue weighted by Gasteiger charge is 2.30. The van der Waals surface area contributed by atoms with E-state index in [-0.39, 0.29) is 17.5 Å². The van der Waals surface area contributed by atoms with E-state index >= 15 is 0 Å². The highest BCUT2D eigenvalue weighted by molar-refractivity contribution is 6.11. The Bertz CT molecular complexity index is 729. The van der Waals surface area contributed by atoms with Crippen LogP contribution >= 0.6 is 0 Å². The Morgan fingerprint density at radius 2 is 2.05 bits per heavy atom. The van der Waals surface area contributed by atoms with Crippen molar-refractivity contribution in [1.82, 2.24) is 0 Å². The number of ketones is 1. The molecule has 116 valence electrons. The summed E-state index contributed by atoms with van der Waals surface area (Å²) in [5.74, 6) is 0.674. The van der Waals surface area contributed by atoms with Crippen LogP contribution in [0.4, 0.5) is 10.5 Å². The number of urea groups is 1. The zero-order chi connectivity index (χ0) is 15.7. The van der Waals surface area contributed by atoms with Gasteiger partial charge in [-0.05, 0) is 25.0 Å². The average molecular weight is 302 g/mol. The number of anilines is 1. The number of nitrogens with two attached hydrogens (primary N) is 1. The van der Waals surface area contributed by atoms with Crippen molar-refractivity contribution in [3.8, 4) is 5.75 Å². The van der Waals surface area contributed by atoms with Crippen LogP contribution in [-0.4, -0.2) is 18.9 Å². The fourth-order valence-electron chi connectivity index (χ4n) is 3.00. The molecule has 22 heavy (non-hydrogen) atoms. The normalized spacial score (nSPS) is 15.1. The molecule has 6 heteroatoms. The van der Waals surface area contributed by atoms with E-state index in [1.807, 2.05) is 0 Å². The first-order valence-electron chi connectivity index (χ1n) is 7.31. The molecule has 2 aromatic rings. The lowest BCUT2D eigenvalue weighted by Gasteiger charge is -2.07. The van der Waals surface area contributed by atoms with Crippen LogP contribution in [0, 0.1) is 5.92 Å². The third-order valence-electron chi connectivity index (χ3n) is 4.10. The molecule has 1 aromatic carbocycles. The quantitative estimate of drug-likeness (QED) is 0.847. The van der Waals surface area contributed by atoms with E-state index in [1.54, 1.807) is 25.3 Å². The van der Waals surface area contributed by atoms with Crippen molar-refractivity contribution >= 4 is 28.5 Å². The zero-order valence-corrected chi connectivity index (χ0v) is 12.3. The zero-order valence-electron chi connectivity index (χ0n) is 12.3. The number of hydrogen-bond acceptors (Lipinski definition) is 4. The van der Waals surface area contributed by atoms with Crippen LogP contribution in [0.15, 0.2) is 22.6 Å². The number of benzene rings is 1. The fourth-order valence-corrected chi connectivity index (χ4v) is 3.00. The molecular weight excluding hydrogens is 284 g/mol. The van der Waals surface area contributed by atoms with Gasteiger partial charge in [0.15, 0.2) is 5.76 Å². The summed E-state index contributed by atoms with van der Waals surface area (Å²) >= 11 is 0. The number of rotatable bonds is 4. The highest BCUT2D eigenvalue weighted by atomic mass is 16.5. The Morgan fingerprint density at radius 1 is 1.32 bits per heavy atom. The Balaban J connectivity index is 2.09. The van der Waals surface area contributed by atoms with Gasteiger partial charge < -0.3 is 20.2 Å². The predicted octanol–water partition coefficient (Wildman–Crippen LogP) is 3.30. The average Bonchev–Trinajstić information content (AvgIpc) is 3.14. The molecule has 3 rings (SSSR count). The minimum absolute atomic E-state index is 0.0455. The smallest absolute Gasteiger partial charge is 0.316 e. The largest absolute Gasteiger partial charge is 0.497 e. The van der Waals surface area contributed by atoms with E-state index in [9.17, 15) is 9.59 Å². The van der Waals surface area contributed by atoms with Crippen molar-refractivity contribution in [2.75, 3.05) is 12.4 Å². The van der Waals surface area contributed by atoms with Crippen molar-refractivity contribution in [2.24, 2.45) is 11.7 Å². The van der Waals surface area contributed by atoms with Gasteiger partial charge in [0.05, 0.1) is 7.11 Å². The number of nitrogens with one attached hydrogen (secondary N) is 1. The molecule has 6 nitrogen and oxygen atoms in total. The molecule has 1 heterocycles. The molecule has 2 amide bonds. The number of fused-ring (bicyclic) bond motifs is 1. The van der Waals surface area contributed by atoms with Crippen molar-refractivity contribution < 1.29 is 18.7 Å². The summed E-state index contributed by atoms with van der Waals surface area (Å²) in [5.41, 5.74) is 6.06. The van der Waals surface area contributed by atoms with Gasteiger partial charge in [0.1, 0.15) is 17.0 Å². The molecule has 1 aliphatic rings. The lowest BCUT2D eigenvalue weighted by atomic mass is 9.99. The Labute approximate surface area is 127 Å². The van der Waals surface area contributed by atoms with Crippen molar-refractivity contribution in [3.63, 3.8) is 0 Å². The molecule has 1 aromatic heterocycles. The molecule has 0 saturated heterocycles. The van der Waals surface area contributed by atoms with E-state index in [0.717, 1.165) is 25.7 Å². The summed E-state index contributed by atoms with van der Waals surface area (Å²) in [6.07, 6.45) is 3.80. The molecule has 1 saturated carbocycles. The standard InChI is InChI=1S/C16H18N2O4/c1-21-10-6-7-11-12(8-10)22-15(13(11)18-16(17)20)14(19)9-4-2-3-5-9/h6-9H,2-5H2,1H3,(H3,17,18,20). The van der Waals surface area contributed by atoms with Gasteiger partial charge in [0.2, 0.25) is 5.78 Å². The summed E-state index contributed by atoms with van der Waals surface area (Å²) in [5, 5.41) is 3.16. The first-order chi connectivity index (χ1) is 10.6. The van der Waals surface area contributed by atoms with E-state index in [2.05, 4.69) is 5.32 Å². The maximum Gasteiger partial charge on any atom is 0.316 e. The second kappa shape index (κ2) is 5.71. The number of methoxy groups -OCH3 is 1. The lowest BCUT2D eigenvalue weighted by Crippen LogP contribution is -2.21. The first kappa shape index (κ1) is 14.4. The van der Waals surface area contributed by atoms with Gasteiger partial charge in [-0.25, -0.2) is 4.79 Å². The first-order valence-corrected chi connectivity index (χ1v) is 7.31. The van der Waals surface area contributed by atoms with E-state index in [1.165, 1.54) is 0 Å². The molecule has 0 aliphatic heterocycles. The highest BCUT2D eigenvalue weighted by Crippen LogP contribution is 2.37. The molecule has 1 aliphatic carbocycles. The van der Waals surface area contributed by atoms with Gasteiger partial charge in [-0.1, -0.05) is 12.8 Å². The topological polar surface area (TPSA) is 94.6 Å². The summed E-state index contributed by atoms with van der Waals surface area (Å²) < 4.78 is 10.9. The maximum absolute atomic E-state index is 12.7. The van der Waals surface area contributed by atoms with Crippen LogP contribution < -0.4 is 15.8 Å². The predicted molar refractivity (Wildman–Crippen MR) is 82.3 cm³/mol. The number of carbonyl (C=O) groups excluding carboxylic acids is 2. The van der Waals surface area contributed by atoms with Crippen LogP contribution in [0.1, 0.15) is 36.2 Å². The van der Waals surface area contributed by atoms with Crippen molar-refractivity contribution in [2.45, 2.75) is 25.7 Å². The number of primary amides is 1. The summed E-state index contributed by atoms with van der Waals surface area (Å²) in [7, 11) is 1.55. The fraction of sp³-hybridized carbons (Fsp3) is 0.375. The van der Waals surface area contributed by atoms with Crippen LogP contribution in [0.2, 0.25) is 0 Å². The van der Waals surface area contributed by atoms with Gasteiger partial charge >= 0.3 is 6.03 Å². The molecule has 1 fully saturated rings. The summed E-state index contributed by atoms with van der Waals surface area (Å²) in [4.78, 5) is 23.9. The molecular formula is C16H18N2O4. The van der Waals surface area contributed by atoms with Crippen molar-refractivity contribution in [3.05, 3.63) is 24.0 Å². The number of furan rings is 1. The van der Waals surface area contributed by atoms with Crippen LogP contribution in [-0.2, 0) is 0 Å². The number of ether oxygens (including phenoxy) is 1. The van der Waals surface area contributed by atoms with E-state index < -0.39 is 6.03 Å². The molecule has 0 radical (unpaired) electrons. The third-order valence-corrected chi connectivity index (χ3v) is 4.10. The van der Waals surface area contributed by atoms with Gasteiger partial charge in [0, 0.05) is 17.4 Å². The SMILES string of the molecule is COc1ccc2c(NC(N)=O)c(C(=O)C3CCCC3)oc2c1. The Hall–Kier alpha value is -2.50. The van der Waals surface area contributed by atoms with E-state index in [4.69, 9.17) is 14.9 Å². The summed E-state index contributed by atoms with van der Waals surface area (Å²) in [6, 6.07) is 4.45. The minimum atomic E-state index is -0.723. The van der Waals surface area contributed by atoms with Gasteiger partial charge in [0.25, 0.3) is 0 Å². The molecule has 0 atom stereocenters. The second-order valence-electron chi connectivity index (χ2n) is 5.50. The molecule has 0 spiro atoms. The second-order valence-corrected chi connectivity index (χ2v) is 5.50. The molecule has 3 N–H and O–H groups in total. The third kappa shape index (κ3) is 2.52. The van der Waals surface area contributed by atoms with E-state index in [0.29, 0.717) is 22.4 Å². The number of hydrogen-bond donors (Lipinski definition) is 2. The maximum atomic E-state index is 12.7. The number of amides is 2. The van der Waals surface area contributed by atoms with Crippen LogP contribution in [0.25, 0.3) is 11.0 Å². The monoisotopic (exact) mass is 302 g/mol. The van der Waals surface area contributed by atoms with Crippen LogP contribution in [0.5, 0.6) is 5.75 Å². The Morgan fingerprint density at radius 3 is 2.68 bits per heavy atom. The van der Waals surface area contributed by atoms with Gasteiger partial charge in [-0.3, -0.25) is 4.79 Å². The number of Topliss-reactive ketones (excluding diaryl/α,β-unsaturated/α-hetero) is 1. The number of carbonyl (C=O) groups is 2. The van der Waals surface area contributed by atoms with Gasteiger partial charge in [-0.15, -0.1) is 0 Å². The Kier molecular flexibility index (Phi) is 3.75. The lowest BCUT2D eigenvalue weighted by molar-refractivity contribution is 0.0898. The van der Waals surface area contributed by atoms with Gasteiger partial charge in [-0.2, -0.15) is 0 Å². The van der Waals surface area contributed by atoms with Crippen LogP contribution in [0.3, 0.4) is 0 Å². The molecule has 0 unspecified atom stereocenters.